The van der Waals surface area contributed by atoms with E-state index in [4.69, 9.17) is 95.8 Å². The Morgan fingerprint density at radius 3 is 1.46 bits per heavy atom. The molecular formula is C84H105FN8O19. The van der Waals surface area contributed by atoms with E-state index in [2.05, 4.69) is 49.3 Å². The fourth-order valence-corrected chi connectivity index (χ4v) is 14.9. The van der Waals surface area contributed by atoms with Crippen LogP contribution in [0.2, 0.25) is 0 Å². The van der Waals surface area contributed by atoms with E-state index in [1.807, 2.05) is 29.2 Å². The van der Waals surface area contributed by atoms with E-state index in [0.29, 0.717) is 147 Å². The van der Waals surface area contributed by atoms with Gasteiger partial charge < -0.3 is 100 Å². The van der Waals surface area contributed by atoms with E-state index in [-0.39, 0.29) is 71.7 Å². The molecule has 112 heavy (non-hydrogen) atoms. The van der Waals surface area contributed by atoms with Gasteiger partial charge in [0.25, 0.3) is 11.8 Å². The molecule has 3 amide bonds. The summed E-state index contributed by atoms with van der Waals surface area (Å²) in [5, 5.41) is 12.5. The first-order valence-electron chi connectivity index (χ1n) is 38.2. The first-order chi connectivity index (χ1) is 54.7. The molecule has 13 rings (SSSR count). The zero-order chi connectivity index (χ0) is 81.1. The average molecular weight is 1550 g/mol. The van der Waals surface area contributed by atoms with Crippen LogP contribution in [0, 0.1) is 0 Å². The fourth-order valence-electron chi connectivity index (χ4n) is 14.9. The maximum Gasteiger partial charge on any atom is 0.412 e. The Labute approximate surface area is 654 Å². The van der Waals surface area contributed by atoms with Crippen LogP contribution in [0.4, 0.5) is 31.9 Å². The molecule has 10 N–H and O–H groups in total. The molecule has 0 aromatic heterocycles. The van der Waals surface area contributed by atoms with Crippen molar-refractivity contribution in [3.8, 4) is 57.1 Å². The van der Waals surface area contributed by atoms with Crippen LogP contribution in [-0.4, -0.2) is 201 Å². The molecular weight excluding hydrogens is 1440 g/mol. The lowest BCUT2D eigenvalue weighted by Crippen LogP contribution is -2.51. The third-order valence-corrected chi connectivity index (χ3v) is 20.4. The molecule has 7 aliphatic rings. The number of alkyl halides is 1. The lowest BCUT2D eigenvalue weighted by molar-refractivity contribution is -0.191. The Bertz CT molecular complexity index is 4260. The predicted molar refractivity (Wildman–Crippen MR) is 420 cm³/mol. The number of rotatable bonds is 28. The molecule has 6 aromatic rings. The minimum atomic E-state index is -1.11. The number of aromatic carboxylic acids is 1. The van der Waals surface area contributed by atoms with Crippen LogP contribution < -0.4 is 66.1 Å². The van der Waals surface area contributed by atoms with Gasteiger partial charge >= 0.3 is 18.2 Å². The van der Waals surface area contributed by atoms with E-state index in [1.165, 1.54) is 51.9 Å². The number of amides is 3. The van der Waals surface area contributed by atoms with Crippen LogP contribution in [0.5, 0.6) is 46.0 Å². The molecule has 6 atom stereocenters. The van der Waals surface area contributed by atoms with Crippen LogP contribution in [0.3, 0.4) is 0 Å². The second-order valence-corrected chi connectivity index (χ2v) is 27.8. The third-order valence-electron chi connectivity index (χ3n) is 20.4. The first kappa shape index (κ1) is 83.4. The summed E-state index contributed by atoms with van der Waals surface area (Å²) in [4.78, 5) is 74.3. The number of nitrogens with one attached hydrogen (secondary N) is 1. The molecule has 27 nitrogen and oxygen atoms in total. The zero-order valence-corrected chi connectivity index (χ0v) is 64.2. The minimum absolute atomic E-state index is 0.000339. The Morgan fingerprint density at radius 2 is 1.00 bits per heavy atom. The number of anilines is 4. The maximum absolute atomic E-state index is 14.3. The third kappa shape index (κ3) is 21.5. The number of ether oxygens (including phenoxy) is 12. The highest BCUT2D eigenvalue weighted by Gasteiger charge is 2.46. The first-order valence-corrected chi connectivity index (χ1v) is 37.5. The number of carbonyl (C=O) groups excluding carboxylic acids is 5. The van der Waals surface area contributed by atoms with Gasteiger partial charge in [0.2, 0.25) is 0 Å². The Morgan fingerprint density at radius 1 is 0.554 bits per heavy atom. The summed E-state index contributed by atoms with van der Waals surface area (Å²) in [6, 6.07) is 31.0. The van der Waals surface area contributed by atoms with E-state index < -0.39 is 31.5 Å². The summed E-state index contributed by atoms with van der Waals surface area (Å²) < 4.78 is 84.5. The normalized spacial score (nSPS) is 19.3. The standard InChI is InChI=1S/C53H61N5O10.C20H26N2O6.C9H15NO.CH3F.CO2/c1-32-23-43(45-17-12-21-64-45)57(29-32)50(59)38-25-46(62-3)48(27-41(38)54)65-19-10-5-11-20-66-49-28-42(55)39(26-47(49)63-4)51(60)58-30-33(2)24-44(58)52-56(18-22-67-52)53(61)68-31-40-36-15-8-6-13-34(36)35-14-7-9-16-37(35)40;1-25-16-7-6-13(21)10-18(16)27-8-4-3-5-9-28-19-12-15(22)14(20(23)24)11-17(19)26-2;1-7-5-8(10-6-7)9-3-2-4-11-9;1-2;2-1-3/h6-9,13-16,25-28,40,43-45,52H,1-2,5,10-12,17-24,29-31,54-55H2,3-4H3;6-7,10-12H,3-5,8-9,21-22H2,1-2H3,(H,23,24);8-10H,1-6H2;1H3;/t43-,44-,45?,52?;;8-,9?;;/m0.0../s1/i;;;1D;. The number of fused-ring (bicyclic) bond motifs is 3. The summed E-state index contributed by atoms with van der Waals surface area (Å²) in [6.07, 6.45) is 10.9. The van der Waals surface area contributed by atoms with Crippen molar-refractivity contribution >= 4 is 52.8 Å². The molecule has 6 aliphatic heterocycles. The molecule has 602 valence electrons. The van der Waals surface area contributed by atoms with Crippen molar-refractivity contribution in [2.45, 2.75) is 126 Å². The van der Waals surface area contributed by atoms with Crippen LogP contribution in [0.1, 0.15) is 133 Å². The monoisotopic (exact) mass is 1550 g/mol. The number of hydrogen-bond donors (Lipinski definition) is 6. The number of likely N-dealkylation sites (tertiary alicyclic amines) is 2. The highest BCUT2D eigenvalue weighted by Crippen LogP contribution is 2.46. The highest BCUT2D eigenvalue weighted by molar-refractivity contribution is 6.02. The smallest absolute Gasteiger partial charge is 0.412 e. The molecule has 1 aliphatic carbocycles. The van der Waals surface area contributed by atoms with Crippen LogP contribution >= 0.6 is 0 Å². The average Bonchev–Trinajstić information content (AvgIpc) is 1.62. The second kappa shape index (κ2) is 41.8. The quantitative estimate of drug-likeness (QED) is 0.0151. The molecule has 6 heterocycles. The number of nitrogens with two attached hydrogens (primary N) is 4. The molecule has 6 aromatic carbocycles. The lowest BCUT2D eigenvalue weighted by atomic mass is 9.98. The van der Waals surface area contributed by atoms with Crippen molar-refractivity contribution in [2.75, 3.05) is 138 Å². The van der Waals surface area contributed by atoms with Crippen molar-refractivity contribution in [3.05, 3.63) is 167 Å². The predicted octanol–water partition coefficient (Wildman–Crippen LogP) is 12.1. The summed E-state index contributed by atoms with van der Waals surface area (Å²) in [5.41, 5.74) is 34.1. The van der Waals surface area contributed by atoms with Gasteiger partial charge in [0, 0.05) is 92.2 Å². The van der Waals surface area contributed by atoms with Gasteiger partial charge in [0.15, 0.2) is 52.2 Å². The minimum Gasteiger partial charge on any atom is -0.493 e. The highest BCUT2D eigenvalue weighted by atomic mass is 19.1. The van der Waals surface area contributed by atoms with Crippen molar-refractivity contribution in [3.63, 3.8) is 0 Å². The molecule has 0 saturated carbocycles. The Hall–Kier alpha value is -11.0. The molecule has 0 bridgehead atoms. The number of benzene rings is 6. The van der Waals surface area contributed by atoms with E-state index in [1.54, 1.807) is 59.4 Å². The maximum atomic E-state index is 14.3. The Balaban J connectivity index is 0.000000264. The number of methoxy groups -OCH3 is 4. The number of nitrogen functional groups attached to an aromatic ring is 4. The summed E-state index contributed by atoms with van der Waals surface area (Å²) in [7, 11) is 5.08. The summed E-state index contributed by atoms with van der Waals surface area (Å²) in [5.74, 6) is 1.99. The number of halogens is 1. The van der Waals surface area contributed by atoms with Gasteiger partial charge in [-0.15, -0.1) is 0 Å². The van der Waals surface area contributed by atoms with E-state index >= 15 is 0 Å². The van der Waals surface area contributed by atoms with E-state index in [9.17, 15) is 23.6 Å². The SMILES string of the molecule is C=C1CN[C@H](C2CCCO2)C1.C=C1C[C@@H](C2CCCO2)N(C(=O)c2cc(OC)c(OCCCCCOc3cc(N)c(C(=O)N4CC(=C)C[C@H]4C4OCCN4C(=O)OCC4c5ccccc5-c5ccccc54)cc3OC)cc2N)C1.COc1ccc(N)cc1OCCCCCOc1cc(N)c(C(=O)O)cc1OC.O=C=O.[2H]CF. The van der Waals surface area contributed by atoms with E-state index in [0.717, 1.165) is 97.9 Å². The van der Waals surface area contributed by atoms with Crippen LogP contribution in [0.25, 0.3) is 11.1 Å². The van der Waals surface area contributed by atoms with Crippen molar-refractivity contribution in [2.24, 2.45) is 0 Å². The number of carbonyl (C=O) groups is 4. The lowest BCUT2D eigenvalue weighted by Gasteiger charge is -2.33. The number of nitrogens with zero attached hydrogens (tertiary/aromatic N) is 3. The van der Waals surface area contributed by atoms with Crippen LogP contribution in [-0.2, 0) is 28.5 Å². The largest absolute Gasteiger partial charge is 0.493 e. The van der Waals surface area contributed by atoms with Gasteiger partial charge in [-0.25, -0.2) is 9.59 Å². The van der Waals surface area contributed by atoms with Gasteiger partial charge in [-0.3, -0.25) is 18.9 Å². The topological polar surface area (TPSA) is 359 Å². The fraction of sp³-hybridized carbons (Fsp3) is 0.440. The molecule has 0 radical (unpaired) electrons. The molecule has 28 heteroatoms. The van der Waals surface area contributed by atoms with Crippen LogP contribution in [0.15, 0.2) is 140 Å². The van der Waals surface area contributed by atoms with Crippen molar-refractivity contribution in [1.29, 1.82) is 0 Å². The molecule has 6 fully saturated rings. The van der Waals surface area contributed by atoms with Gasteiger partial charge in [0.05, 0.1) is 123 Å². The van der Waals surface area contributed by atoms with Gasteiger partial charge in [-0.2, -0.15) is 9.59 Å². The Kier molecular flexibility index (Phi) is 31.2. The molecule has 6 saturated heterocycles. The van der Waals surface area contributed by atoms with Crippen molar-refractivity contribution in [1.82, 2.24) is 20.0 Å². The number of carboxylic acids is 1. The zero-order valence-electron chi connectivity index (χ0n) is 65.2. The summed E-state index contributed by atoms with van der Waals surface area (Å²) >= 11 is 0. The molecule has 3 unspecified atom stereocenters. The summed E-state index contributed by atoms with van der Waals surface area (Å²) in [6.45, 7) is 18.3. The number of hydrogen-bond acceptors (Lipinski definition) is 23. The second-order valence-electron chi connectivity index (χ2n) is 27.8. The van der Waals surface area contributed by atoms with Gasteiger partial charge in [0.1, 0.15) is 6.61 Å². The van der Waals surface area contributed by atoms with Gasteiger partial charge in [-0.1, -0.05) is 85.0 Å². The molecule has 0 spiro atoms. The number of carboxylic acid groups (broad SMARTS) is 1. The van der Waals surface area contributed by atoms with Gasteiger partial charge in [-0.05, 0) is 130 Å². The number of unbranched alkanes of at least 4 members (excludes halogenated alkanes) is 4. The van der Waals surface area contributed by atoms with Crippen molar-refractivity contribution < 1.29 is 96.5 Å².